The number of hydrogen-bond acceptors (Lipinski definition) is 4. The van der Waals surface area contributed by atoms with E-state index >= 15 is 0 Å². The summed E-state index contributed by atoms with van der Waals surface area (Å²) in [6, 6.07) is 6.60. The van der Waals surface area contributed by atoms with Crippen molar-refractivity contribution >= 4 is 16.1 Å². The highest BCUT2D eigenvalue weighted by atomic mass is 32.2. The van der Waals surface area contributed by atoms with Gasteiger partial charge in [0, 0.05) is 0 Å². The summed E-state index contributed by atoms with van der Waals surface area (Å²) in [5, 5.41) is 9.73. The molecule has 0 heterocycles. The Hall–Kier alpha value is -1.40. The first-order valence-corrected chi connectivity index (χ1v) is 9.89. The van der Waals surface area contributed by atoms with Gasteiger partial charge >= 0.3 is 5.97 Å². The van der Waals surface area contributed by atoms with Gasteiger partial charge in [-0.1, -0.05) is 17.7 Å². The van der Waals surface area contributed by atoms with Gasteiger partial charge in [0.25, 0.3) is 10.1 Å². The van der Waals surface area contributed by atoms with E-state index in [-0.39, 0.29) is 16.7 Å². The van der Waals surface area contributed by atoms with Crippen LogP contribution < -0.4 is 0 Å². The minimum atomic E-state index is -3.88. The average Bonchev–Trinajstić information content (AvgIpc) is 2.44. The standard InChI is InChI=1S/C18H22O5S/c1-12-2-4-15(5-3-12)24(21,22)23-18-9-13-6-14(10-18)8-17(7-13,11-18)16(19)20/h2-5,13-14H,6-11H2,1H3,(H,19,20). The molecule has 0 aromatic heterocycles. The van der Waals surface area contributed by atoms with E-state index in [1.54, 1.807) is 24.3 Å². The number of aliphatic carboxylic acids is 1. The fourth-order valence-electron chi connectivity index (χ4n) is 5.51. The molecule has 0 spiro atoms. The zero-order valence-electron chi connectivity index (χ0n) is 13.7. The van der Waals surface area contributed by atoms with E-state index in [2.05, 4.69) is 0 Å². The molecular formula is C18H22O5S. The van der Waals surface area contributed by atoms with Gasteiger partial charge in [0.05, 0.1) is 15.9 Å². The molecule has 0 radical (unpaired) electrons. The van der Waals surface area contributed by atoms with Crippen LogP contribution in [0.1, 0.15) is 44.1 Å². The Bertz CT molecular complexity index is 766. The van der Waals surface area contributed by atoms with E-state index in [1.807, 2.05) is 6.92 Å². The highest BCUT2D eigenvalue weighted by Crippen LogP contribution is 2.63. The van der Waals surface area contributed by atoms with Crippen molar-refractivity contribution in [1.82, 2.24) is 0 Å². The predicted molar refractivity (Wildman–Crippen MR) is 86.9 cm³/mol. The minimum Gasteiger partial charge on any atom is -0.481 e. The maximum atomic E-state index is 12.7. The Balaban J connectivity index is 1.66. The molecule has 130 valence electrons. The maximum absolute atomic E-state index is 12.7. The fraction of sp³-hybridized carbons (Fsp3) is 0.611. The molecule has 0 saturated heterocycles. The van der Waals surface area contributed by atoms with Crippen LogP contribution >= 0.6 is 0 Å². The van der Waals surface area contributed by atoms with E-state index < -0.39 is 27.1 Å². The third-order valence-corrected chi connectivity index (χ3v) is 7.48. The van der Waals surface area contributed by atoms with Crippen LogP contribution in [0.15, 0.2) is 29.2 Å². The molecule has 1 aromatic rings. The Morgan fingerprint density at radius 1 is 1.12 bits per heavy atom. The summed E-state index contributed by atoms with van der Waals surface area (Å²) in [5.41, 5.74) is -0.660. The molecule has 5 nitrogen and oxygen atoms in total. The topological polar surface area (TPSA) is 80.7 Å². The smallest absolute Gasteiger partial charge is 0.309 e. The molecule has 5 rings (SSSR count). The van der Waals surface area contributed by atoms with Crippen LogP contribution in [0.2, 0.25) is 0 Å². The largest absolute Gasteiger partial charge is 0.481 e. The summed E-state index contributed by atoms with van der Waals surface area (Å²) < 4.78 is 31.2. The molecule has 0 amide bonds. The van der Waals surface area contributed by atoms with Gasteiger partial charge in [-0.05, 0) is 69.4 Å². The molecule has 4 aliphatic rings. The lowest BCUT2D eigenvalue weighted by molar-refractivity contribution is -0.184. The van der Waals surface area contributed by atoms with Gasteiger partial charge in [-0.2, -0.15) is 8.42 Å². The molecule has 4 saturated carbocycles. The number of hydrogen-bond donors (Lipinski definition) is 1. The number of carboxylic acid groups (broad SMARTS) is 1. The lowest BCUT2D eigenvalue weighted by Gasteiger charge is -2.59. The third-order valence-electron chi connectivity index (χ3n) is 6.06. The van der Waals surface area contributed by atoms with E-state index in [4.69, 9.17) is 4.18 Å². The van der Waals surface area contributed by atoms with Gasteiger partial charge < -0.3 is 5.11 Å². The Kier molecular flexibility index (Phi) is 3.39. The normalized spacial score (nSPS) is 37.5. The van der Waals surface area contributed by atoms with Crippen molar-refractivity contribution in [3.63, 3.8) is 0 Å². The van der Waals surface area contributed by atoms with Crippen LogP contribution in [0.5, 0.6) is 0 Å². The third kappa shape index (κ3) is 2.47. The van der Waals surface area contributed by atoms with E-state index in [0.717, 1.165) is 12.0 Å². The van der Waals surface area contributed by atoms with Crippen molar-refractivity contribution in [2.24, 2.45) is 17.3 Å². The molecule has 0 aliphatic heterocycles. The Morgan fingerprint density at radius 2 is 1.71 bits per heavy atom. The number of aryl methyl sites for hydroxylation is 1. The van der Waals surface area contributed by atoms with Gasteiger partial charge in [0.15, 0.2) is 0 Å². The molecule has 4 bridgehead atoms. The lowest BCUT2D eigenvalue weighted by Crippen LogP contribution is -2.59. The molecule has 4 fully saturated rings. The molecule has 2 unspecified atom stereocenters. The maximum Gasteiger partial charge on any atom is 0.309 e. The van der Waals surface area contributed by atoms with Crippen LogP contribution in [-0.2, 0) is 19.1 Å². The van der Waals surface area contributed by atoms with Crippen molar-refractivity contribution < 1.29 is 22.5 Å². The zero-order chi connectivity index (χ0) is 17.2. The first-order chi connectivity index (χ1) is 11.2. The van der Waals surface area contributed by atoms with E-state index in [9.17, 15) is 18.3 Å². The summed E-state index contributed by atoms with van der Waals surface area (Å²) >= 11 is 0. The quantitative estimate of drug-likeness (QED) is 0.844. The monoisotopic (exact) mass is 350 g/mol. The lowest BCUT2D eigenvalue weighted by atomic mass is 9.48. The second-order valence-electron chi connectivity index (χ2n) is 8.08. The second kappa shape index (κ2) is 5.05. The van der Waals surface area contributed by atoms with Gasteiger partial charge in [0.1, 0.15) is 0 Å². The first-order valence-electron chi connectivity index (χ1n) is 8.48. The highest BCUT2D eigenvalue weighted by molar-refractivity contribution is 7.86. The molecule has 1 N–H and O–H groups in total. The molecule has 24 heavy (non-hydrogen) atoms. The Morgan fingerprint density at radius 3 is 2.25 bits per heavy atom. The van der Waals surface area contributed by atoms with Crippen LogP contribution in [-0.4, -0.2) is 25.1 Å². The van der Waals surface area contributed by atoms with Gasteiger partial charge in [-0.15, -0.1) is 0 Å². The first kappa shape index (κ1) is 16.1. The zero-order valence-corrected chi connectivity index (χ0v) is 14.5. The summed E-state index contributed by atoms with van der Waals surface area (Å²) in [6.07, 6.45) is 3.95. The van der Waals surface area contributed by atoms with Crippen molar-refractivity contribution in [3.8, 4) is 0 Å². The van der Waals surface area contributed by atoms with Gasteiger partial charge in [0.2, 0.25) is 0 Å². The Labute approximate surface area is 142 Å². The van der Waals surface area contributed by atoms with Crippen LogP contribution in [0.3, 0.4) is 0 Å². The van der Waals surface area contributed by atoms with Crippen molar-refractivity contribution in [1.29, 1.82) is 0 Å². The predicted octanol–water partition coefficient (Wildman–Crippen LogP) is 3.12. The molecule has 4 aliphatic carbocycles. The van der Waals surface area contributed by atoms with Crippen molar-refractivity contribution in [2.75, 3.05) is 0 Å². The minimum absolute atomic E-state index is 0.147. The fourth-order valence-corrected chi connectivity index (χ4v) is 6.74. The van der Waals surface area contributed by atoms with E-state index in [0.29, 0.717) is 32.1 Å². The van der Waals surface area contributed by atoms with Gasteiger partial charge in [-0.3, -0.25) is 8.98 Å². The molecule has 1 aromatic carbocycles. The second-order valence-corrected chi connectivity index (χ2v) is 9.63. The SMILES string of the molecule is Cc1ccc(S(=O)(=O)OC23CC4CC(C2)CC(C(=O)O)(C4)C3)cc1. The van der Waals surface area contributed by atoms with E-state index in [1.165, 1.54) is 0 Å². The summed E-state index contributed by atoms with van der Waals surface area (Å²) in [6.45, 7) is 1.90. The number of carbonyl (C=O) groups is 1. The summed E-state index contributed by atoms with van der Waals surface area (Å²) in [7, 11) is -3.88. The summed E-state index contributed by atoms with van der Waals surface area (Å²) in [4.78, 5) is 12.0. The number of rotatable bonds is 4. The molecule has 2 atom stereocenters. The van der Waals surface area contributed by atoms with Crippen LogP contribution in [0, 0.1) is 24.2 Å². The number of benzene rings is 1. The van der Waals surface area contributed by atoms with Crippen molar-refractivity contribution in [3.05, 3.63) is 29.8 Å². The van der Waals surface area contributed by atoms with Crippen LogP contribution in [0.4, 0.5) is 0 Å². The molecule has 6 heteroatoms. The average molecular weight is 350 g/mol. The van der Waals surface area contributed by atoms with Crippen molar-refractivity contribution in [2.45, 2.75) is 55.9 Å². The summed E-state index contributed by atoms with van der Waals surface area (Å²) in [5.74, 6) is -0.275. The van der Waals surface area contributed by atoms with Crippen LogP contribution in [0.25, 0.3) is 0 Å². The molecular weight excluding hydrogens is 328 g/mol. The van der Waals surface area contributed by atoms with Gasteiger partial charge in [-0.25, -0.2) is 0 Å². The highest BCUT2D eigenvalue weighted by Gasteiger charge is 2.62. The number of carboxylic acids is 1.